The van der Waals surface area contributed by atoms with Crippen molar-refractivity contribution in [1.29, 1.82) is 0 Å². The van der Waals surface area contributed by atoms with Crippen molar-refractivity contribution >= 4 is 11.6 Å². The molecular formula is C10H12F6N4. The molecule has 0 saturated heterocycles. The molecule has 1 aromatic rings. The quantitative estimate of drug-likeness (QED) is 0.838. The van der Waals surface area contributed by atoms with Gasteiger partial charge in [0, 0.05) is 19.2 Å². The van der Waals surface area contributed by atoms with Crippen molar-refractivity contribution in [2.45, 2.75) is 31.7 Å². The molecule has 1 aromatic heterocycles. The van der Waals surface area contributed by atoms with Crippen LogP contribution in [0.1, 0.15) is 19.2 Å². The first kappa shape index (κ1) is 16.3. The third kappa shape index (κ3) is 5.10. The summed E-state index contributed by atoms with van der Waals surface area (Å²) in [5, 5.41) is 4.66. The Bertz CT molecular complexity index is 456. The molecule has 0 aliphatic carbocycles. The van der Waals surface area contributed by atoms with Crippen molar-refractivity contribution in [1.82, 2.24) is 9.97 Å². The van der Waals surface area contributed by atoms with Gasteiger partial charge in [-0.3, -0.25) is 0 Å². The molecule has 114 valence electrons. The van der Waals surface area contributed by atoms with E-state index in [2.05, 4.69) is 20.6 Å². The third-order valence-corrected chi connectivity index (χ3v) is 2.17. The predicted molar refractivity (Wildman–Crippen MR) is 60.3 cm³/mol. The maximum absolute atomic E-state index is 12.5. The molecule has 0 aliphatic rings. The predicted octanol–water partition coefficient (Wildman–Crippen LogP) is 3.29. The van der Waals surface area contributed by atoms with E-state index in [0.29, 0.717) is 0 Å². The summed E-state index contributed by atoms with van der Waals surface area (Å²) in [7, 11) is 1.34. The first-order chi connectivity index (χ1) is 9.01. The van der Waals surface area contributed by atoms with E-state index in [1.165, 1.54) is 14.0 Å². The minimum atomic E-state index is -4.78. The largest absolute Gasteiger partial charge is 0.451 e. The Labute approximate surface area is 110 Å². The summed E-state index contributed by atoms with van der Waals surface area (Å²) in [6, 6.07) is -0.0158. The van der Waals surface area contributed by atoms with Gasteiger partial charge in [0.15, 0.2) is 0 Å². The van der Waals surface area contributed by atoms with Gasteiger partial charge >= 0.3 is 12.4 Å². The average Bonchev–Trinajstić information content (AvgIpc) is 2.24. The van der Waals surface area contributed by atoms with Gasteiger partial charge in [-0.1, -0.05) is 0 Å². The van der Waals surface area contributed by atoms with Gasteiger partial charge in [0.05, 0.1) is 6.42 Å². The third-order valence-electron chi connectivity index (χ3n) is 2.17. The zero-order chi connectivity index (χ0) is 15.6. The highest BCUT2D eigenvalue weighted by Gasteiger charge is 2.36. The van der Waals surface area contributed by atoms with Crippen molar-refractivity contribution in [3.63, 3.8) is 0 Å². The minimum Gasteiger partial charge on any atom is -0.373 e. The number of nitrogens with zero attached hydrogens (tertiary/aromatic N) is 2. The molecule has 1 heterocycles. The average molecular weight is 302 g/mol. The van der Waals surface area contributed by atoms with Gasteiger partial charge in [-0.2, -0.15) is 26.3 Å². The number of alkyl halides is 6. The second-order valence-electron chi connectivity index (χ2n) is 4.07. The second kappa shape index (κ2) is 5.71. The summed E-state index contributed by atoms with van der Waals surface area (Å²) < 4.78 is 74.1. The smallest absolute Gasteiger partial charge is 0.373 e. The van der Waals surface area contributed by atoms with Crippen LogP contribution in [0.25, 0.3) is 0 Å². The van der Waals surface area contributed by atoms with E-state index in [1.807, 2.05) is 0 Å². The Kier molecular flexibility index (Phi) is 4.66. The van der Waals surface area contributed by atoms with Gasteiger partial charge in [0.25, 0.3) is 0 Å². The van der Waals surface area contributed by atoms with Crippen molar-refractivity contribution in [2.75, 3.05) is 17.7 Å². The topological polar surface area (TPSA) is 49.8 Å². The van der Waals surface area contributed by atoms with E-state index in [9.17, 15) is 26.3 Å². The molecule has 10 heteroatoms. The minimum absolute atomic E-state index is 0.144. The molecule has 0 aromatic carbocycles. The number of rotatable bonds is 4. The summed E-state index contributed by atoms with van der Waals surface area (Å²) in [5.74, 6) is -1.89. The number of nitrogens with one attached hydrogen (secondary N) is 2. The lowest BCUT2D eigenvalue weighted by Crippen LogP contribution is -2.25. The molecule has 0 aliphatic heterocycles. The van der Waals surface area contributed by atoms with Crippen LogP contribution in [0.5, 0.6) is 0 Å². The summed E-state index contributed by atoms with van der Waals surface area (Å²) in [4.78, 5) is 6.36. The molecule has 0 radical (unpaired) electrons. The van der Waals surface area contributed by atoms with Crippen molar-refractivity contribution in [3.05, 3.63) is 11.9 Å². The van der Waals surface area contributed by atoms with Gasteiger partial charge in [-0.05, 0) is 6.92 Å². The lowest BCUT2D eigenvalue weighted by atomic mass is 10.2. The summed E-state index contributed by atoms with van der Waals surface area (Å²) >= 11 is 0. The van der Waals surface area contributed by atoms with Crippen LogP contribution < -0.4 is 10.6 Å². The van der Waals surface area contributed by atoms with Crippen molar-refractivity contribution in [2.24, 2.45) is 0 Å². The second-order valence-corrected chi connectivity index (χ2v) is 4.07. The van der Waals surface area contributed by atoms with Gasteiger partial charge in [0.2, 0.25) is 5.82 Å². The zero-order valence-electron chi connectivity index (χ0n) is 10.5. The highest BCUT2D eigenvalue weighted by atomic mass is 19.4. The molecule has 20 heavy (non-hydrogen) atoms. The number of halogens is 6. The van der Waals surface area contributed by atoms with E-state index in [-0.39, 0.29) is 11.6 Å². The van der Waals surface area contributed by atoms with Crippen LogP contribution in [0.15, 0.2) is 6.07 Å². The fraction of sp³-hybridized carbons (Fsp3) is 0.600. The van der Waals surface area contributed by atoms with E-state index in [0.717, 1.165) is 6.07 Å². The lowest BCUT2D eigenvalue weighted by Gasteiger charge is -2.17. The SMILES string of the molecule is CNc1cc(NC(C)CC(F)(F)F)nc(C(F)(F)F)n1. The first-order valence-corrected chi connectivity index (χ1v) is 5.48. The van der Waals surface area contributed by atoms with Crippen LogP contribution >= 0.6 is 0 Å². The van der Waals surface area contributed by atoms with E-state index in [1.54, 1.807) is 0 Å². The van der Waals surface area contributed by atoms with Crippen LogP contribution in [-0.2, 0) is 6.18 Å². The molecular weight excluding hydrogens is 290 g/mol. The maximum atomic E-state index is 12.5. The molecule has 0 fully saturated rings. The van der Waals surface area contributed by atoms with Gasteiger partial charge in [0.1, 0.15) is 11.6 Å². The fourth-order valence-corrected chi connectivity index (χ4v) is 1.43. The number of anilines is 2. The van der Waals surface area contributed by atoms with Crippen LogP contribution in [0, 0.1) is 0 Å². The van der Waals surface area contributed by atoms with E-state index >= 15 is 0 Å². The Morgan fingerprint density at radius 3 is 2.10 bits per heavy atom. The molecule has 0 saturated carbocycles. The van der Waals surface area contributed by atoms with Crippen molar-refractivity contribution in [3.8, 4) is 0 Å². The summed E-state index contributed by atoms with van der Waals surface area (Å²) in [6.07, 6.45) is -10.4. The van der Waals surface area contributed by atoms with Crippen molar-refractivity contribution < 1.29 is 26.3 Å². The highest BCUT2D eigenvalue weighted by Crippen LogP contribution is 2.29. The molecule has 1 unspecified atom stereocenters. The molecule has 4 nitrogen and oxygen atoms in total. The van der Waals surface area contributed by atoms with Gasteiger partial charge in [-0.15, -0.1) is 0 Å². The lowest BCUT2D eigenvalue weighted by molar-refractivity contribution is -0.145. The zero-order valence-corrected chi connectivity index (χ0v) is 10.5. The molecule has 1 atom stereocenters. The van der Waals surface area contributed by atoms with Crippen LogP contribution in [0.4, 0.5) is 38.0 Å². The van der Waals surface area contributed by atoms with Crippen LogP contribution in [0.3, 0.4) is 0 Å². The standard InChI is InChI=1S/C10H12F6N4/c1-5(4-9(11,12)13)18-7-3-6(17-2)19-8(20-7)10(14,15)16/h3,5H,4H2,1-2H3,(H2,17,18,19,20). The monoisotopic (exact) mass is 302 g/mol. The normalized spacial score (nSPS) is 14.0. The Hall–Kier alpha value is -1.74. The molecule has 0 bridgehead atoms. The van der Waals surface area contributed by atoms with E-state index in [4.69, 9.17) is 0 Å². The van der Waals surface area contributed by atoms with Crippen LogP contribution in [0.2, 0.25) is 0 Å². The van der Waals surface area contributed by atoms with Gasteiger partial charge in [-0.25, -0.2) is 9.97 Å². The molecule has 1 rings (SSSR count). The Balaban J connectivity index is 2.95. The number of hydrogen-bond acceptors (Lipinski definition) is 4. The summed E-state index contributed by atoms with van der Waals surface area (Å²) in [5.41, 5.74) is 0. The Morgan fingerprint density at radius 2 is 1.65 bits per heavy atom. The number of aromatic nitrogens is 2. The molecule has 0 amide bonds. The fourth-order valence-electron chi connectivity index (χ4n) is 1.43. The number of hydrogen-bond donors (Lipinski definition) is 2. The summed E-state index contributed by atoms with van der Waals surface area (Å²) in [6.45, 7) is 1.20. The molecule has 2 N–H and O–H groups in total. The Morgan fingerprint density at radius 1 is 1.10 bits per heavy atom. The molecule has 0 spiro atoms. The highest BCUT2D eigenvalue weighted by molar-refractivity contribution is 5.48. The van der Waals surface area contributed by atoms with Crippen LogP contribution in [-0.4, -0.2) is 29.2 Å². The van der Waals surface area contributed by atoms with Gasteiger partial charge < -0.3 is 10.6 Å². The van der Waals surface area contributed by atoms with E-state index < -0.39 is 30.6 Å². The first-order valence-electron chi connectivity index (χ1n) is 5.48. The maximum Gasteiger partial charge on any atom is 0.451 e.